The molecule has 0 N–H and O–H groups in total. The van der Waals surface area contributed by atoms with Crippen molar-refractivity contribution < 1.29 is 13.5 Å². The van der Waals surface area contributed by atoms with Gasteiger partial charge < -0.3 is 4.74 Å². The standard InChI is InChI=1S/C11H12F2O/c1-7-10(11(7,12)13)8-4-3-5-9(6-8)14-2/h3-7,10H,1-2H3/t7-,10+/m1/s1. The molecule has 1 aliphatic rings. The lowest BCUT2D eigenvalue weighted by molar-refractivity contribution is 0.0963. The highest BCUT2D eigenvalue weighted by atomic mass is 19.3. The fourth-order valence-corrected chi connectivity index (χ4v) is 1.83. The van der Waals surface area contributed by atoms with Crippen LogP contribution in [0, 0.1) is 5.92 Å². The number of hydrogen-bond acceptors (Lipinski definition) is 1. The third kappa shape index (κ3) is 1.27. The van der Waals surface area contributed by atoms with Crippen molar-refractivity contribution >= 4 is 0 Å². The molecule has 0 bridgehead atoms. The molecule has 1 aromatic rings. The molecule has 1 saturated carbocycles. The van der Waals surface area contributed by atoms with Gasteiger partial charge in [0.15, 0.2) is 0 Å². The second-order valence-corrected chi connectivity index (χ2v) is 3.72. The lowest BCUT2D eigenvalue weighted by Crippen LogP contribution is -1.93. The number of halogens is 2. The zero-order chi connectivity index (χ0) is 10.3. The molecule has 14 heavy (non-hydrogen) atoms. The second-order valence-electron chi connectivity index (χ2n) is 3.72. The summed E-state index contributed by atoms with van der Waals surface area (Å²) >= 11 is 0. The van der Waals surface area contributed by atoms with Crippen molar-refractivity contribution in [1.29, 1.82) is 0 Å². The van der Waals surface area contributed by atoms with Crippen molar-refractivity contribution in [2.24, 2.45) is 5.92 Å². The maximum Gasteiger partial charge on any atom is 0.258 e. The van der Waals surface area contributed by atoms with Gasteiger partial charge in [-0.05, 0) is 17.7 Å². The summed E-state index contributed by atoms with van der Waals surface area (Å²) in [6, 6.07) is 6.91. The molecule has 3 heteroatoms. The number of hydrogen-bond donors (Lipinski definition) is 0. The highest BCUT2D eigenvalue weighted by Crippen LogP contribution is 2.61. The van der Waals surface area contributed by atoms with Crippen LogP contribution in [-0.4, -0.2) is 13.0 Å². The highest BCUT2D eigenvalue weighted by molar-refractivity contribution is 5.37. The van der Waals surface area contributed by atoms with E-state index in [1.54, 1.807) is 31.2 Å². The van der Waals surface area contributed by atoms with Crippen molar-refractivity contribution in [2.75, 3.05) is 7.11 Å². The maximum atomic E-state index is 13.1. The molecule has 0 heterocycles. The first kappa shape index (κ1) is 9.44. The van der Waals surface area contributed by atoms with Gasteiger partial charge in [0.05, 0.1) is 13.0 Å². The molecule has 0 spiro atoms. The zero-order valence-corrected chi connectivity index (χ0v) is 8.13. The van der Waals surface area contributed by atoms with Gasteiger partial charge in [0.2, 0.25) is 0 Å². The molecule has 0 radical (unpaired) electrons. The summed E-state index contributed by atoms with van der Waals surface area (Å²) < 4.78 is 31.1. The van der Waals surface area contributed by atoms with Crippen LogP contribution in [-0.2, 0) is 0 Å². The zero-order valence-electron chi connectivity index (χ0n) is 8.13. The van der Waals surface area contributed by atoms with Crippen LogP contribution in [0.5, 0.6) is 5.75 Å². The van der Waals surface area contributed by atoms with E-state index in [9.17, 15) is 8.78 Å². The summed E-state index contributed by atoms with van der Waals surface area (Å²) in [5.74, 6) is -3.07. The van der Waals surface area contributed by atoms with Crippen LogP contribution in [0.25, 0.3) is 0 Å². The van der Waals surface area contributed by atoms with Crippen molar-refractivity contribution in [3.05, 3.63) is 29.8 Å². The van der Waals surface area contributed by atoms with Crippen LogP contribution in [0.2, 0.25) is 0 Å². The molecular weight excluding hydrogens is 186 g/mol. The summed E-state index contributed by atoms with van der Waals surface area (Å²) in [6.07, 6.45) is 0. The monoisotopic (exact) mass is 198 g/mol. The van der Waals surface area contributed by atoms with Crippen LogP contribution < -0.4 is 4.74 Å². The fraction of sp³-hybridized carbons (Fsp3) is 0.455. The number of benzene rings is 1. The first-order valence-electron chi connectivity index (χ1n) is 4.59. The Morgan fingerprint density at radius 1 is 1.36 bits per heavy atom. The molecule has 0 saturated heterocycles. The van der Waals surface area contributed by atoms with Gasteiger partial charge in [-0.3, -0.25) is 0 Å². The Morgan fingerprint density at radius 3 is 2.50 bits per heavy atom. The molecule has 0 aromatic heterocycles. The average molecular weight is 198 g/mol. The summed E-state index contributed by atoms with van der Waals surface area (Å²) in [5.41, 5.74) is 0.668. The number of alkyl halides is 2. The predicted octanol–water partition coefficient (Wildman–Crippen LogP) is 3.06. The van der Waals surface area contributed by atoms with Gasteiger partial charge in [-0.15, -0.1) is 0 Å². The summed E-state index contributed by atoms with van der Waals surface area (Å²) in [4.78, 5) is 0. The molecule has 1 nitrogen and oxygen atoms in total. The van der Waals surface area contributed by atoms with E-state index in [0.717, 1.165) is 0 Å². The minimum atomic E-state index is -2.54. The first-order valence-corrected chi connectivity index (χ1v) is 4.59. The van der Waals surface area contributed by atoms with Gasteiger partial charge >= 0.3 is 0 Å². The van der Waals surface area contributed by atoms with E-state index in [4.69, 9.17) is 4.74 Å². The van der Waals surface area contributed by atoms with E-state index in [0.29, 0.717) is 11.3 Å². The normalized spacial score (nSPS) is 28.6. The lowest BCUT2D eigenvalue weighted by atomic mass is 10.1. The van der Waals surface area contributed by atoms with Gasteiger partial charge in [-0.25, -0.2) is 8.78 Å². The molecule has 76 valence electrons. The SMILES string of the molecule is COc1cccc([C@@H]2[C@@H](C)C2(F)F)c1. The smallest absolute Gasteiger partial charge is 0.258 e. The van der Waals surface area contributed by atoms with Gasteiger partial charge in [0.1, 0.15) is 5.75 Å². The molecule has 1 fully saturated rings. The van der Waals surface area contributed by atoms with Crippen LogP contribution in [0.1, 0.15) is 18.4 Å². The number of rotatable bonds is 2. The quantitative estimate of drug-likeness (QED) is 0.709. The Labute approximate surface area is 81.7 Å². The number of ether oxygens (including phenoxy) is 1. The lowest BCUT2D eigenvalue weighted by Gasteiger charge is -2.02. The van der Waals surface area contributed by atoms with Gasteiger partial charge in [0.25, 0.3) is 5.92 Å². The minimum Gasteiger partial charge on any atom is -0.497 e. The highest BCUT2D eigenvalue weighted by Gasteiger charge is 2.65. The van der Waals surface area contributed by atoms with E-state index in [-0.39, 0.29) is 0 Å². The van der Waals surface area contributed by atoms with E-state index >= 15 is 0 Å². The third-order valence-electron chi connectivity index (χ3n) is 2.87. The van der Waals surface area contributed by atoms with E-state index < -0.39 is 17.8 Å². The van der Waals surface area contributed by atoms with E-state index in [1.807, 2.05) is 0 Å². The first-order chi connectivity index (χ1) is 6.57. The molecule has 0 aliphatic heterocycles. The van der Waals surface area contributed by atoms with Crippen molar-refractivity contribution in [3.63, 3.8) is 0 Å². The molecule has 2 atom stereocenters. The Kier molecular flexibility index (Phi) is 1.98. The molecule has 0 unspecified atom stereocenters. The van der Waals surface area contributed by atoms with Crippen LogP contribution in [0.3, 0.4) is 0 Å². The Bertz CT molecular complexity index is 349. The summed E-state index contributed by atoms with van der Waals surface area (Å²) in [5, 5.41) is 0. The minimum absolute atomic E-state index is 0.547. The van der Waals surface area contributed by atoms with Crippen molar-refractivity contribution in [1.82, 2.24) is 0 Å². The van der Waals surface area contributed by atoms with Crippen LogP contribution in [0.15, 0.2) is 24.3 Å². The molecular formula is C11H12F2O. The molecule has 1 aliphatic carbocycles. The third-order valence-corrected chi connectivity index (χ3v) is 2.87. The van der Waals surface area contributed by atoms with E-state index in [2.05, 4.69) is 0 Å². The Hall–Kier alpha value is -1.12. The largest absolute Gasteiger partial charge is 0.497 e. The number of methoxy groups -OCH3 is 1. The molecule has 2 rings (SSSR count). The topological polar surface area (TPSA) is 9.23 Å². The fourth-order valence-electron chi connectivity index (χ4n) is 1.83. The predicted molar refractivity (Wildman–Crippen MR) is 49.8 cm³/mol. The second kappa shape index (κ2) is 2.94. The van der Waals surface area contributed by atoms with Gasteiger partial charge in [-0.1, -0.05) is 19.1 Å². The maximum absolute atomic E-state index is 13.1. The van der Waals surface area contributed by atoms with Gasteiger partial charge in [0, 0.05) is 5.92 Å². The van der Waals surface area contributed by atoms with Gasteiger partial charge in [-0.2, -0.15) is 0 Å². The van der Waals surface area contributed by atoms with Crippen LogP contribution in [0.4, 0.5) is 8.78 Å². The Balaban J connectivity index is 2.26. The molecule has 0 amide bonds. The average Bonchev–Trinajstić information content (AvgIpc) is 2.66. The Morgan fingerprint density at radius 2 is 2.00 bits per heavy atom. The summed E-state index contributed by atoms with van der Waals surface area (Å²) in [7, 11) is 1.54. The van der Waals surface area contributed by atoms with Crippen molar-refractivity contribution in [2.45, 2.75) is 18.8 Å². The van der Waals surface area contributed by atoms with E-state index in [1.165, 1.54) is 7.11 Å². The van der Waals surface area contributed by atoms with Crippen LogP contribution >= 0.6 is 0 Å². The van der Waals surface area contributed by atoms with Crippen molar-refractivity contribution in [3.8, 4) is 5.75 Å². The summed E-state index contributed by atoms with van der Waals surface area (Å²) in [6.45, 7) is 1.57. The molecule has 1 aromatic carbocycles.